The van der Waals surface area contributed by atoms with Gasteiger partial charge in [-0.1, -0.05) is 34.6 Å². The van der Waals surface area contributed by atoms with Crippen LogP contribution in [0.4, 0.5) is 0 Å². The summed E-state index contributed by atoms with van der Waals surface area (Å²) in [4.78, 5) is 35.7. The standard InChI is InChI=1S/C16H28N2O3/c1-9(19)12(11-8-16(11,6)7)18-14(21)13(15(3,4)5)17-10(2)20/h11-13H,8H2,1-7H3,(H,17,20)(H,18,21)/t11-,12-,13-/m1/s1. The maximum atomic E-state index is 12.5. The third-order valence-electron chi connectivity index (χ3n) is 4.20. The zero-order chi connectivity index (χ0) is 16.6. The summed E-state index contributed by atoms with van der Waals surface area (Å²) >= 11 is 0. The van der Waals surface area contributed by atoms with Crippen molar-refractivity contribution in [2.24, 2.45) is 16.7 Å². The van der Waals surface area contributed by atoms with Crippen LogP contribution in [0.1, 0.15) is 54.9 Å². The summed E-state index contributed by atoms with van der Waals surface area (Å²) in [6.07, 6.45) is 0.928. The van der Waals surface area contributed by atoms with E-state index < -0.39 is 17.5 Å². The Morgan fingerprint density at radius 3 is 1.86 bits per heavy atom. The fourth-order valence-corrected chi connectivity index (χ4v) is 2.68. The number of nitrogens with one attached hydrogen (secondary N) is 2. The topological polar surface area (TPSA) is 75.3 Å². The highest BCUT2D eigenvalue weighted by Crippen LogP contribution is 2.53. The molecular formula is C16H28N2O3. The van der Waals surface area contributed by atoms with Crippen molar-refractivity contribution in [2.75, 3.05) is 0 Å². The van der Waals surface area contributed by atoms with Crippen LogP contribution >= 0.6 is 0 Å². The minimum Gasteiger partial charge on any atom is -0.344 e. The maximum Gasteiger partial charge on any atom is 0.243 e. The van der Waals surface area contributed by atoms with Crippen molar-refractivity contribution in [2.45, 2.75) is 67.0 Å². The maximum absolute atomic E-state index is 12.5. The Bertz CT molecular complexity index is 449. The van der Waals surface area contributed by atoms with Crippen LogP contribution in [0.25, 0.3) is 0 Å². The van der Waals surface area contributed by atoms with Crippen LogP contribution in [0.3, 0.4) is 0 Å². The average molecular weight is 296 g/mol. The van der Waals surface area contributed by atoms with Gasteiger partial charge in [-0.05, 0) is 30.1 Å². The van der Waals surface area contributed by atoms with Crippen molar-refractivity contribution >= 4 is 17.6 Å². The molecule has 0 unspecified atom stereocenters. The highest BCUT2D eigenvalue weighted by atomic mass is 16.2. The molecule has 3 atom stereocenters. The van der Waals surface area contributed by atoms with E-state index in [1.165, 1.54) is 13.8 Å². The largest absolute Gasteiger partial charge is 0.344 e. The van der Waals surface area contributed by atoms with Crippen molar-refractivity contribution in [3.05, 3.63) is 0 Å². The fourth-order valence-electron chi connectivity index (χ4n) is 2.68. The van der Waals surface area contributed by atoms with Gasteiger partial charge in [-0.2, -0.15) is 0 Å². The van der Waals surface area contributed by atoms with Gasteiger partial charge in [-0.3, -0.25) is 14.4 Å². The van der Waals surface area contributed by atoms with Crippen LogP contribution in [0, 0.1) is 16.7 Å². The molecule has 0 aliphatic heterocycles. The monoisotopic (exact) mass is 296 g/mol. The molecular weight excluding hydrogens is 268 g/mol. The first kappa shape index (κ1) is 17.7. The summed E-state index contributed by atoms with van der Waals surface area (Å²) in [5.74, 6) is -0.400. The van der Waals surface area contributed by atoms with Gasteiger partial charge in [0.25, 0.3) is 0 Å². The predicted octanol–water partition coefficient (Wildman–Crippen LogP) is 1.66. The highest BCUT2D eigenvalue weighted by Gasteiger charge is 2.52. The lowest BCUT2D eigenvalue weighted by molar-refractivity contribution is -0.133. The van der Waals surface area contributed by atoms with Crippen molar-refractivity contribution in [3.8, 4) is 0 Å². The van der Waals surface area contributed by atoms with Gasteiger partial charge in [-0.15, -0.1) is 0 Å². The van der Waals surface area contributed by atoms with Crippen LogP contribution in [0.2, 0.25) is 0 Å². The van der Waals surface area contributed by atoms with Crippen molar-refractivity contribution in [3.63, 3.8) is 0 Å². The van der Waals surface area contributed by atoms with Gasteiger partial charge in [0.2, 0.25) is 11.8 Å². The Morgan fingerprint density at radius 2 is 1.57 bits per heavy atom. The van der Waals surface area contributed by atoms with Crippen molar-refractivity contribution in [1.82, 2.24) is 10.6 Å². The van der Waals surface area contributed by atoms with Gasteiger partial charge in [-0.25, -0.2) is 0 Å². The second-order valence-electron chi connectivity index (χ2n) is 7.90. The van der Waals surface area contributed by atoms with E-state index in [0.29, 0.717) is 0 Å². The SMILES string of the molecule is CC(=O)N[C@H](C(=O)N[C@H](C(C)=O)[C@H]1CC1(C)C)C(C)(C)C. The van der Waals surface area contributed by atoms with E-state index in [1.54, 1.807) is 0 Å². The molecule has 0 aromatic heterocycles. The van der Waals surface area contributed by atoms with Gasteiger partial charge in [0.05, 0.1) is 6.04 Å². The molecule has 1 rings (SSSR count). The summed E-state index contributed by atoms with van der Waals surface area (Å²) in [6.45, 7) is 12.7. The number of rotatable bonds is 5. The molecule has 0 aromatic rings. The Kier molecular flexibility index (Phi) is 4.86. The second kappa shape index (κ2) is 5.78. The molecule has 0 bridgehead atoms. The normalized spacial score (nSPS) is 22.9. The molecule has 0 aromatic carbocycles. The van der Waals surface area contributed by atoms with Crippen LogP contribution in [0.15, 0.2) is 0 Å². The zero-order valence-corrected chi connectivity index (χ0v) is 14.2. The van der Waals surface area contributed by atoms with Crippen LogP contribution < -0.4 is 10.6 Å². The predicted molar refractivity (Wildman–Crippen MR) is 81.6 cm³/mol. The second-order valence-corrected chi connectivity index (χ2v) is 7.90. The van der Waals surface area contributed by atoms with Gasteiger partial charge in [0, 0.05) is 6.92 Å². The number of hydrogen-bond donors (Lipinski definition) is 2. The van der Waals surface area contributed by atoms with E-state index in [1.807, 2.05) is 20.8 Å². The number of ketones is 1. The molecule has 1 saturated carbocycles. The lowest BCUT2D eigenvalue weighted by Crippen LogP contribution is -2.56. The fraction of sp³-hybridized carbons (Fsp3) is 0.812. The van der Waals surface area contributed by atoms with Gasteiger partial charge in [0.15, 0.2) is 5.78 Å². The Morgan fingerprint density at radius 1 is 1.10 bits per heavy atom. The van der Waals surface area contributed by atoms with Crippen LogP contribution in [0.5, 0.6) is 0 Å². The quantitative estimate of drug-likeness (QED) is 0.810. The zero-order valence-electron chi connectivity index (χ0n) is 14.2. The van der Waals surface area contributed by atoms with E-state index >= 15 is 0 Å². The summed E-state index contributed by atoms with van der Waals surface area (Å²) < 4.78 is 0. The Balaban J connectivity index is 2.84. The molecule has 2 amide bonds. The first-order chi connectivity index (χ1) is 9.36. The first-order valence-corrected chi connectivity index (χ1v) is 7.44. The lowest BCUT2D eigenvalue weighted by atomic mass is 9.85. The summed E-state index contributed by atoms with van der Waals surface area (Å²) in [5.41, 5.74) is -0.328. The van der Waals surface area contributed by atoms with E-state index in [2.05, 4.69) is 24.5 Å². The van der Waals surface area contributed by atoms with Crippen molar-refractivity contribution in [1.29, 1.82) is 0 Å². The van der Waals surface area contributed by atoms with Crippen molar-refractivity contribution < 1.29 is 14.4 Å². The molecule has 1 fully saturated rings. The molecule has 120 valence electrons. The Labute approximate surface area is 127 Å². The molecule has 5 heteroatoms. The lowest BCUT2D eigenvalue weighted by Gasteiger charge is -2.31. The molecule has 5 nitrogen and oxygen atoms in total. The third-order valence-corrected chi connectivity index (χ3v) is 4.20. The molecule has 0 spiro atoms. The molecule has 0 saturated heterocycles. The van der Waals surface area contributed by atoms with Crippen LogP contribution in [-0.2, 0) is 14.4 Å². The van der Waals surface area contributed by atoms with Gasteiger partial charge >= 0.3 is 0 Å². The number of carbonyl (C=O) groups is 3. The van der Waals surface area contributed by atoms with Gasteiger partial charge in [0.1, 0.15) is 6.04 Å². The minimum absolute atomic E-state index is 0.0330. The van der Waals surface area contributed by atoms with E-state index in [4.69, 9.17) is 0 Å². The third kappa shape index (κ3) is 4.55. The van der Waals surface area contributed by atoms with Crippen LogP contribution in [-0.4, -0.2) is 29.7 Å². The van der Waals surface area contributed by atoms with E-state index in [0.717, 1.165) is 6.42 Å². The first-order valence-electron chi connectivity index (χ1n) is 7.44. The molecule has 2 N–H and O–H groups in total. The molecule has 21 heavy (non-hydrogen) atoms. The van der Waals surface area contributed by atoms with E-state index in [9.17, 15) is 14.4 Å². The molecule has 1 aliphatic rings. The smallest absolute Gasteiger partial charge is 0.243 e. The summed E-state index contributed by atoms with van der Waals surface area (Å²) in [6, 6.07) is -1.12. The average Bonchev–Trinajstić information content (AvgIpc) is 2.89. The molecule has 1 aliphatic carbocycles. The Hall–Kier alpha value is -1.39. The summed E-state index contributed by atoms with van der Waals surface area (Å²) in [5, 5.41) is 5.52. The number of amides is 2. The van der Waals surface area contributed by atoms with E-state index in [-0.39, 0.29) is 28.9 Å². The number of carbonyl (C=O) groups excluding carboxylic acids is 3. The number of hydrogen-bond acceptors (Lipinski definition) is 3. The summed E-state index contributed by atoms with van der Waals surface area (Å²) in [7, 11) is 0. The minimum atomic E-state index is -0.654. The highest BCUT2D eigenvalue weighted by molar-refractivity contribution is 5.92. The molecule has 0 heterocycles. The van der Waals surface area contributed by atoms with Gasteiger partial charge < -0.3 is 10.6 Å². The number of Topliss-reactive ketones (excluding diaryl/α,β-unsaturated/α-hetero) is 1. The molecule has 0 radical (unpaired) electrons.